The number of hydrogen-bond donors (Lipinski definition) is 1. The molecule has 0 saturated heterocycles. The van der Waals surface area contributed by atoms with Gasteiger partial charge in [0, 0.05) is 25.2 Å². The SMILES string of the molecule is Cn1c(=O)n(CC(C)(C)C)c2ccc(C3C[CH]CCC3O)nc21. The molecule has 125 valence electrons. The maximum absolute atomic E-state index is 12.5. The van der Waals surface area contributed by atoms with Gasteiger partial charge < -0.3 is 5.11 Å². The van der Waals surface area contributed by atoms with E-state index in [9.17, 15) is 9.90 Å². The molecule has 0 bridgehead atoms. The molecule has 1 saturated carbocycles. The third-order valence-electron chi connectivity index (χ3n) is 4.57. The van der Waals surface area contributed by atoms with Crippen LogP contribution in [0.5, 0.6) is 0 Å². The summed E-state index contributed by atoms with van der Waals surface area (Å²) in [6.45, 7) is 7.01. The van der Waals surface area contributed by atoms with E-state index in [1.807, 2.05) is 12.1 Å². The van der Waals surface area contributed by atoms with Crippen molar-refractivity contribution in [1.29, 1.82) is 0 Å². The summed E-state index contributed by atoms with van der Waals surface area (Å²) in [7, 11) is 1.77. The van der Waals surface area contributed by atoms with Crippen LogP contribution in [0.4, 0.5) is 0 Å². The van der Waals surface area contributed by atoms with Crippen molar-refractivity contribution in [1.82, 2.24) is 14.1 Å². The van der Waals surface area contributed by atoms with Gasteiger partial charge in [-0.3, -0.25) is 9.13 Å². The second-order valence-corrected chi connectivity index (χ2v) is 7.84. The zero-order valence-electron chi connectivity index (χ0n) is 14.4. The molecule has 2 aromatic rings. The first kappa shape index (κ1) is 16.2. The number of nitrogens with zero attached hydrogens (tertiary/aromatic N) is 3. The highest BCUT2D eigenvalue weighted by Gasteiger charge is 2.27. The number of aliphatic hydroxyl groups excluding tert-OH is 1. The van der Waals surface area contributed by atoms with Crippen molar-refractivity contribution in [2.75, 3.05) is 0 Å². The first-order valence-electron chi connectivity index (χ1n) is 8.34. The largest absolute Gasteiger partial charge is 0.392 e. The van der Waals surface area contributed by atoms with Gasteiger partial charge in [0.25, 0.3) is 0 Å². The Balaban J connectivity index is 2.07. The third-order valence-corrected chi connectivity index (χ3v) is 4.57. The first-order valence-corrected chi connectivity index (χ1v) is 8.34. The molecule has 0 amide bonds. The van der Waals surface area contributed by atoms with Crippen molar-refractivity contribution < 1.29 is 5.11 Å². The Morgan fingerprint density at radius 3 is 2.74 bits per heavy atom. The lowest BCUT2D eigenvalue weighted by molar-refractivity contribution is 0.117. The lowest BCUT2D eigenvalue weighted by atomic mass is 9.84. The molecule has 5 nitrogen and oxygen atoms in total. The maximum Gasteiger partial charge on any atom is 0.330 e. The quantitative estimate of drug-likeness (QED) is 0.926. The average molecular weight is 316 g/mol. The lowest BCUT2D eigenvalue weighted by Gasteiger charge is -2.26. The Labute approximate surface area is 137 Å². The lowest BCUT2D eigenvalue weighted by Crippen LogP contribution is -2.27. The number of aromatic nitrogens is 3. The highest BCUT2D eigenvalue weighted by Crippen LogP contribution is 2.32. The molecule has 1 N–H and O–H groups in total. The van der Waals surface area contributed by atoms with Gasteiger partial charge in [-0.2, -0.15) is 0 Å². The van der Waals surface area contributed by atoms with E-state index in [0.717, 1.165) is 30.5 Å². The summed E-state index contributed by atoms with van der Waals surface area (Å²) >= 11 is 0. The van der Waals surface area contributed by atoms with Crippen LogP contribution in [0.2, 0.25) is 0 Å². The Morgan fingerprint density at radius 1 is 1.35 bits per heavy atom. The number of fused-ring (bicyclic) bond motifs is 1. The fraction of sp³-hybridized carbons (Fsp3) is 0.611. The molecule has 1 fully saturated rings. The van der Waals surface area contributed by atoms with E-state index in [1.54, 1.807) is 16.2 Å². The van der Waals surface area contributed by atoms with Gasteiger partial charge in [-0.05, 0) is 43.2 Å². The number of pyridine rings is 1. The molecule has 23 heavy (non-hydrogen) atoms. The summed E-state index contributed by atoms with van der Waals surface area (Å²) in [5.74, 6) is 0.0363. The van der Waals surface area contributed by atoms with Crippen LogP contribution in [0, 0.1) is 11.8 Å². The number of hydrogen-bond acceptors (Lipinski definition) is 3. The fourth-order valence-corrected chi connectivity index (χ4v) is 3.38. The van der Waals surface area contributed by atoms with Gasteiger partial charge in [-0.1, -0.05) is 20.8 Å². The van der Waals surface area contributed by atoms with Gasteiger partial charge in [0.05, 0.1) is 11.6 Å². The van der Waals surface area contributed by atoms with E-state index in [-0.39, 0.29) is 23.1 Å². The van der Waals surface area contributed by atoms with Crippen molar-refractivity contribution in [3.63, 3.8) is 0 Å². The molecule has 2 unspecified atom stereocenters. The topological polar surface area (TPSA) is 60.0 Å². The van der Waals surface area contributed by atoms with E-state index < -0.39 is 0 Å². The van der Waals surface area contributed by atoms with Crippen LogP contribution in [-0.2, 0) is 13.6 Å². The zero-order chi connectivity index (χ0) is 16.8. The summed E-state index contributed by atoms with van der Waals surface area (Å²) in [6, 6.07) is 3.94. The second-order valence-electron chi connectivity index (χ2n) is 7.84. The Bertz CT molecular complexity index is 767. The second kappa shape index (κ2) is 5.78. The number of imidazole rings is 1. The van der Waals surface area contributed by atoms with Crippen LogP contribution in [0.15, 0.2) is 16.9 Å². The Kier molecular flexibility index (Phi) is 4.08. The summed E-state index contributed by atoms with van der Waals surface area (Å²) in [5, 5.41) is 10.2. The van der Waals surface area contributed by atoms with Gasteiger partial charge in [0.2, 0.25) is 0 Å². The molecular formula is C18H26N3O2. The van der Waals surface area contributed by atoms with E-state index >= 15 is 0 Å². The number of aryl methyl sites for hydroxylation is 1. The van der Waals surface area contributed by atoms with E-state index in [1.165, 1.54) is 0 Å². The van der Waals surface area contributed by atoms with Gasteiger partial charge in [0.1, 0.15) is 0 Å². The minimum atomic E-state index is -0.348. The van der Waals surface area contributed by atoms with Crippen LogP contribution in [0.25, 0.3) is 11.2 Å². The van der Waals surface area contributed by atoms with Gasteiger partial charge in [-0.25, -0.2) is 9.78 Å². The zero-order valence-corrected chi connectivity index (χ0v) is 14.4. The summed E-state index contributed by atoms with van der Waals surface area (Å²) in [6.07, 6.45) is 4.46. The molecule has 2 aromatic heterocycles. The molecule has 2 heterocycles. The molecule has 1 radical (unpaired) electrons. The highest BCUT2D eigenvalue weighted by molar-refractivity contribution is 5.72. The van der Waals surface area contributed by atoms with Gasteiger partial charge in [-0.15, -0.1) is 0 Å². The molecular weight excluding hydrogens is 290 g/mol. The number of rotatable bonds is 2. The van der Waals surface area contributed by atoms with Crippen molar-refractivity contribution in [2.24, 2.45) is 12.5 Å². The van der Waals surface area contributed by atoms with Crippen molar-refractivity contribution in [3.8, 4) is 0 Å². The van der Waals surface area contributed by atoms with Crippen LogP contribution >= 0.6 is 0 Å². The standard InChI is InChI=1S/C18H26N3O2/c1-18(2,3)11-21-14-10-9-13(12-7-5-6-8-15(12)22)19-16(14)20(4)17(21)23/h5,9-10,12,15,22H,6-8,11H2,1-4H3. The van der Waals surface area contributed by atoms with E-state index in [2.05, 4.69) is 27.2 Å². The minimum Gasteiger partial charge on any atom is -0.392 e. The molecule has 2 atom stereocenters. The average Bonchev–Trinajstić information content (AvgIpc) is 2.71. The smallest absolute Gasteiger partial charge is 0.330 e. The van der Waals surface area contributed by atoms with Crippen LogP contribution in [0.1, 0.15) is 51.6 Å². The molecule has 3 rings (SSSR count). The maximum atomic E-state index is 12.5. The summed E-state index contributed by atoms with van der Waals surface area (Å²) in [4.78, 5) is 17.3. The normalized spacial score (nSPS) is 22.7. The predicted octanol–water partition coefficient (Wildman–Crippen LogP) is 2.61. The Hall–Kier alpha value is -1.62. The van der Waals surface area contributed by atoms with Crippen molar-refractivity contribution >= 4 is 11.2 Å². The highest BCUT2D eigenvalue weighted by atomic mass is 16.3. The van der Waals surface area contributed by atoms with Crippen molar-refractivity contribution in [2.45, 2.75) is 58.6 Å². The molecule has 5 heteroatoms. The van der Waals surface area contributed by atoms with E-state index in [0.29, 0.717) is 12.2 Å². The third kappa shape index (κ3) is 3.07. The predicted molar refractivity (Wildman–Crippen MR) is 91.3 cm³/mol. The van der Waals surface area contributed by atoms with Crippen LogP contribution in [-0.4, -0.2) is 25.3 Å². The Morgan fingerprint density at radius 2 is 2.09 bits per heavy atom. The molecule has 0 aliphatic heterocycles. The van der Waals surface area contributed by atoms with Gasteiger partial charge >= 0.3 is 5.69 Å². The molecule has 1 aliphatic rings. The summed E-state index contributed by atoms with van der Waals surface area (Å²) < 4.78 is 3.42. The molecule has 0 spiro atoms. The van der Waals surface area contributed by atoms with Crippen LogP contribution < -0.4 is 5.69 Å². The number of aliphatic hydroxyl groups is 1. The van der Waals surface area contributed by atoms with E-state index in [4.69, 9.17) is 4.98 Å². The summed E-state index contributed by atoms with van der Waals surface area (Å²) in [5.41, 5.74) is 2.44. The first-order chi connectivity index (χ1) is 10.8. The minimum absolute atomic E-state index is 0.0192. The fourth-order valence-electron chi connectivity index (χ4n) is 3.38. The van der Waals surface area contributed by atoms with Crippen molar-refractivity contribution in [3.05, 3.63) is 34.7 Å². The van der Waals surface area contributed by atoms with Crippen LogP contribution in [0.3, 0.4) is 0 Å². The molecule has 0 aromatic carbocycles. The molecule has 1 aliphatic carbocycles. The monoisotopic (exact) mass is 316 g/mol. The van der Waals surface area contributed by atoms with Gasteiger partial charge in [0.15, 0.2) is 5.65 Å².